The molecule has 1 atom stereocenters. The largest absolute Gasteiger partial charge is 0.493 e. The smallest absolute Gasteiger partial charge is 0.244 e. The van der Waals surface area contributed by atoms with Crippen LogP contribution in [0.15, 0.2) is 29.7 Å². The number of nitrogens with zero attached hydrogens (tertiary/aromatic N) is 2. The highest BCUT2D eigenvalue weighted by Crippen LogP contribution is 2.47. The fourth-order valence-electron chi connectivity index (χ4n) is 2.85. The van der Waals surface area contributed by atoms with Gasteiger partial charge in [-0.2, -0.15) is 5.26 Å². The third-order valence-electron chi connectivity index (χ3n) is 3.87. The van der Waals surface area contributed by atoms with Gasteiger partial charge >= 0.3 is 0 Å². The molecule has 1 aliphatic heterocycles. The average molecular weight is 312 g/mol. The number of nitrogens with one attached hydrogen (secondary N) is 1. The third kappa shape index (κ3) is 2.16. The number of ether oxygens (including phenoxy) is 3. The van der Waals surface area contributed by atoms with Gasteiger partial charge in [-0.15, -0.1) is 5.10 Å². The Hall–Kier alpha value is -3.14. The van der Waals surface area contributed by atoms with E-state index in [9.17, 15) is 5.26 Å². The number of hydrogen-bond donors (Lipinski definition) is 2. The number of nitriles is 1. The highest BCUT2D eigenvalue weighted by atomic mass is 16.5. The number of aromatic nitrogens is 2. The maximum absolute atomic E-state index is 9.57. The van der Waals surface area contributed by atoms with E-state index in [1.54, 1.807) is 20.3 Å². The van der Waals surface area contributed by atoms with E-state index in [1.165, 1.54) is 0 Å². The molecule has 0 spiro atoms. The second-order valence-corrected chi connectivity index (χ2v) is 5.07. The van der Waals surface area contributed by atoms with Gasteiger partial charge in [0.25, 0.3) is 0 Å². The van der Waals surface area contributed by atoms with Crippen molar-refractivity contribution in [1.82, 2.24) is 10.2 Å². The molecule has 2 heterocycles. The van der Waals surface area contributed by atoms with Crippen LogP contribution in [0.3, 0.4) is 0 Å². The van der Waals surface area contributed by atoms with Crippen LogP contribution in [0.5, 0.6) is 17.4 Å². The lowest BCUT2D eigenvalue weighted by Gasteiger charge is -2.25. The van der Waals surface area contributed by atoms with Crippen LogP contribution in [0.1, 0.15) is 22.7 Å². The van der Waals surface area contributed by atoms with Crippen molar-refractivity contribution >= 4 is 0 Å². The molecule has 0 saturated carbocycles. The van der Waals surface area contributed by atoms with Crippen molar-refractivity contribution < 1.29 is 14.2 Å². The average Bonchev–Trinajstić information content (AvgIpc) is 2.93. The number of para-hydroxylation sites is 1. The van der Waals surface area contributed by atoms with Crippen LogP contribution in [0.4, 0.5) is 0 Å². The first-order chi connectivity index (χ1) is 11.1. The Kier molecular flexibility index (Phi) is 3.58. The van der Waals surface area contributed by atoms with Crippen molar-refractivity contribution in [2.45, 2.75) is 12.8 Å². The van der Waals surface area contributed by atoms with E-state index >= 15 is 0 Å². The van der Waals surface area contributed by atoms with Crippen molar-refractivity contribution in [3.63, 3.8) is 0 Å². The topological polar surface area (TPSA) is 106 Å². The lowest BCUT2D eigenvalue weighted by atomic mass is 9.83. The summed E-state index contributed by atoms with van der Waals surface area (Å²) < 4.78 is 16.3. The van der Waals surface area contributed by atoms with E-state index in [1.807, 2.05) is 19.1 Å². The number of rotatable bonds is 3. The van der Waals surface area contributed by atoms with Gasteiger partial charge in [-0.05, 0) is 13.0 Å². The normalized spacial score (nSPS) is 16.3. The summed E-state index contributed by atoms with van der Waals surface area (Å²) in [5.41, 5.74) is 8.56. The molecular formula is C16H16N4O3. The maximum atomic E-state index is 9.57. The zero-order valence-corrected chi connectivity index (χ0v) is 13.0. The molecule has 0 unspecified atom stereocenters. The Morgan fingerprint density at radius 1 is 1.35 bits per heavy atom. The molecule has 0 amide bonds. The number of methoxy groups -OCH3 is 2. The number of fused-ring (bicyclic) bond motifs is 1. The molecular weight excluding hydrogens is 296 g/mol. The minimum Gasteiger partial charge on any atom is -0.493 e. The van der Waals surface area contributed by atoms with Gasteiger partial charge in [0.2, 0.25) is 11.8 Å². The van der Waals surface area contributed by atoms with E-state index in [0.29, 0.717) is 23.0 Å². The van der Waals surface area contributed by atoms with Gasteiger partial charge < -0.3 is 19.9 Å². The second kappa shape index (κ2) is 5.57. The molecule has 0 aliphatic carbocycles. The summed E-state index contributed by atoms with van der Waals surface area (Å²) in [4.78, 5) is 0. The van der Waals surface area contributed by atoms with E-state index in [0.717, 1.165) is 16.8 Å². The summed E-state index contributed by atoms with van der Waals surface area (Å²) >= 11 is 0. The van der Waals surface area contributed by atoms with E-state index in [2.05, 4.69) is 16.3 Å². The Morgan fingerprint density at radius 2 is 2.13 bits per heavy atom. The predicted molar refractivity (Wildman–Crippen MR) is 82.2 cm³/mol. The molecule has 3 rings (SSSR count). The summed E-state index contributed by atoms with van der Waals surface area (Å²) in [5.74, 6) is 1.10. The lowest BCUT2D eigenvalue weighted by molar-refractivity contribution is 0.348. The molecule has 1 aromatic heterocycles. The van der Waals surface area contributed by atoms with Gasteiger partial charge in [0.15, 0.2) is 11.5 Å². The van der Waals surface area contributed by atoms with Crippen molar-refractivity contribution in [2.75, 3.05) is 14.2 Å². The minimum absolute atomic E-state index is 0.0429. The standard InChI is InChI=1S/C16H16N4O3/c1-8-12-13(9-5-4-6-11(21-2)14(9)22-3)10(7-17)15(18)23-16(12)20-19-8/h4-6,13H,18H2,1-3H3,(H,19,20)/t13-/m0/s1. The predicted octanol–water partition coefficient (Wildman–Crippen LogP) is 1.95. The molecule has 2 aromatic rings. The molecule has 0 bridgehead atoms. The van der Waals surface area contributed by atoms with Crippen LogP contribution in [-0.4, -0.2) is 24.4 Å². The highest BCUT2D eigenvalue weighted by Gasteiger charge is 2.36. The fourth-order valence-corrected chi connectivity index (χ4v) is 2.85. The lowest BCUT2D eigenvalue weighted by Crippen LogP contribution is -2.21. The quantitative estimate of drug-likeness (QED) is 0.897. The first-order valence-electron chi connectivity index (χ1n) is 6.95. The highest BCUT2D eigenvalue weighted by molar-refractivity contribution is 5.60. The van der Waals surface area contributed by atoms with Crippen molar-refractivity contribution in [1.29, 1.82) is 5.26 Å². The van der Waals surface area contributed by atoms with Crippen LogP contribution in [-0.2, 0) is 0 Å². The number of hydrogen-bond acceptors (Lipinski definition) is 6. The zero-order chi connectivity index (χ0) is 16.6. The van der Waals surface area contributed by atoms with E-state index in [-0.39, 0.29) is 5.88 Å². The fraction of sp³-hybridized carbons (Fsp3) is 0.250. The maximum Gasteiger partial charge on any atom is 0.244 e. The molecule has 0 fully saturated rings. The first-order valence-corrected chi connectivity index (χ1v) is 6.95. The Bertz CT molecular complexity index is 832. The third-order valence-corrected chi connectivity index (χ3v) is 3.87. The Morgan fingerprint density at radius 3 is 2.78 bits per heavy atom. The second-order valence-electron chi connectivity index (χ2n) is 5.07. The number of H-pyrrole nitrogens is 1. The van der Waals surface area contributed by atoms with Crippen molar-refractivity contribution in [3.8, 4) is 23.4 Å². The van der Waals surface area contributed by atoms with Gasteiger partial charge in [0, 0.05) is 16.8 Å². The van der Waals surface area contributed by atoms with Crippen molar-refractivity contribution in [2.24, 2.45) is 5.73 Å². The molecule has 7 nitrogen and oxygen atoms in total. The van der Waals surface area contributed by atoms with Gasteiger partial charge in [-0.3, -0.25) is 5.10 Å². The van der Waals surface area contributed by atoms with E-state index in [4.69, 9.17) is 19.9 Å². The summed E-state index contributed by atoms with van der Waals surface area (Å²) in [5, 5.41) is 16.5. The van der Waals surface area contributed by atoms with Crippen molar-refractivity contribution in [3.05, 3.63) is 46.5 Å². The molecule has 3 N–H and O–H groups in total. The summed E-state index contributed by atoms with van der Waals surface area (Å²) in [6.07, 6.45) is 0. The molecule has 23 heavy (non-hydrogen) atoms. The van der Waals surface area contributed by atoms with E-state index < -0.39 is 5.92 Å². The molecule has 1 aromatic carbocycles. The van der Waals surface area contributed by atoms with Crippen LogP contribution in [0, 0.1) is 18.3 Å². The van der Waals surface area contributed by atoms with Gasteiger partial charge in [-0.25, -0.2) is 0 Å². The number of benzene rings is 1. The molecule has 1 aliphatic rings. The van der Waals surface area contributed by atoms with Crippen LogP contribution in [0.2, 0.25) is 0 Å². The molecule has 0 radical (unpaired) electrons. The molecule has 118 valence electrons. The number of aromatic amines is 1. The monoisotopic (exact) mass is 312 g/mol. The minimum atomic E-state index is -0.437. The van der Waals surface area contributed by atoms with Crippen LogP contribution in [0.25, 0.3) is 0 Å². The van der Waals surface area contributed by atoms with Gasteiger partial charge in [-0.1, -0.05) is 12.1 Å². The molecule has 0 saturated heterocycles. The van der Waals surface area contributed by atoms with Gasteiger partial charge in [0.1, 0.15) is 11.6 Å². The number of aryl methyl sites for hydroxylation is 1. The Labute approximate surface area is 133 Å². The summed E-state index contributed by atoms with van der Waals surface area (Å²) in [7, 11) is 3.12. The summed E-state index contributed by atoms with van der Waals surface area (Å²) in [6, 6.07) is 7.65. The van der Waals surface area contributed by atoms with Crippen LogP contribution >= 0.6 is 0 Å². The zero-order valence-electron chi connectivity index (χ0n) is 13.0. The Balaban J connectivity index is 2.30. The SMILES string of the molecule is COc1cccc([C@H]2C(C#N)=C(N)Oc3n[nH]c(C)c32)c1OC. The van der Waals surface area contributed by atoms with Crippen LogP contribution < -0.4 is 19.9 Å². The first kappa shape index (κ1) is 14.8. The molecule has 7 heteroatoms. The number of nitrogens with two attached hydrogens (primary N) is 1. The number of allylic oxidation sites excluding steroid dienone is 1. The summed E-state index contributed by atoms with van der Waals surface area (Å²) in [6.45, 7) is 1.87. The van der Waals surface area contributed by atoms with Gasteiger partial charge in [0.05, 0.1) is 20.1 Å².